The van der Waals surface area contributed by atoms with Crippen LogP contribution in [-0.2, 0) is 20.0 Å². The number of aromatic nitrogens is 2. The minimum absolute atomic E-state index is 0.184. The van der Waals surface area contributed by atoms with Gasteiger partial charge in [-0.25, -0.2) is 4.99 Å². The summed E-state index contributed by atoms with van der Waals surface area (Å²) in [6, 6.07) is 5.34. The fourth-order valence-electron chi connectivity index (χ4n) is 3.00. The molecule has 148 valence electrons. The fourth-order valence-corrected chi connectivity index (χ4v) is 3.00. The molecule has 0 aliphatic carbocycles. The van der Waals surface area contributed by atoms with Gasteiger partial charge in [0.25, 0.3) is 0 Å². The van der Waals surface area contributed by atoms with Gasteiger partial charge in [0.2, 0.25) is 0 Å². The maximum atomic E-state index is 10.0. The van der Waals surface area contributed by atoms with E-state index in [1.54, 1.807) is 25.3 Å². The third-order valence-electron chi connectivity index (χ3n) is 4.59. The third kappa shape index (κ3) is 5.39. The van der Waals surface area contributed by atoms with Crippen molar-refractivity contribution < 1.29 is 9.84 Å². The van der Waals surface area contributed by atoms with E-state index in [2.05, 4.69) is 34.6 Å². The summed E-state index contributed by atoms with van der Waals surface area (Å²) in [6.45, 7) is 9.40. The van der Waals surface area contributed by atoms with Gasteiger partial charge in [0.15, 0.2) is 5.96 Å². The van der Waals surface area contributed by atoms with Crippen LogP contribution >= 0.6 is 0 Å². The van der Waals surface area contributed by atoms with Crippen molar-refractivity contribution in [2.45, 2.75) is 46.7 Å². The van der Waals surface area contributed by atoms with Crippen LogP contribution in [-0.4, -0.2) is 40.5 Å². The van der Waals surface area contributed by atoms with E-state index in [1.165, 1.54) is 11.3 Å². The molecule has 0 radical (unpaired) electrons. The molecule has 0 bridgehead atoms. The normalized spacial score (nSPS) is 12.7. The van der Waals surface area contributed by atoms with Crippen LogP contribution in [0.3, 0.4) is 0 Å². The summed E-state index contributed by atoms with van der Waals surface area (Å²) >= 11 is 0. The number of hydrogen-bond donors (Lipinski definition) is 3. The quantitative estimate of drug-likeness (QED) is 0.513. The average Bonchev–Trinajstić information content (AvgIpc) is 2.87. The van der Waals surface area contributed by atoms with Gasteiger partial charge in [0, 0.05) is 30.9 Å². The van der Waals surface area contributed by atoms with Crippen molar-refractivity contribution in [1.29, 1.82) is 0 Å². The number of phenols is 1. The molecular weight excluding hydrogens is 342 g/mol. The highest BCUT2D eigenvalue weighted by atomic mass is 16.5. The molecule has 2 rings (SSSR count). The Hall–Kier alpha value is -2.70. The van der Waals surface area contributed by atoms with E-state index in [1.807, 2.05) is 25.6 Å². The van der Waals surface area contributed by atoms with Gasteiger partial charge >= 0.3 is 0 Å². The predicted molar refractivity (Wildman–Crippen MR) is 108 cm³/mol. The zero-order valence-electron chi connectivity index (χ0n) is 17.1. The summed E-state index contributed by atoms with van der Waals surface area (Å²) in [6.07, 6.45) is 0.861. The van der Waals surface area contributed by atoms with E-state index in [0.717, 1.165) is 24.2 Å². The number of benzene rings is 1. The number of nitrogens with one attached hydrogen (secondary N) is 2. The van der Waals surface area contributed by atoms with E-state index >= 15 is 0 Å². The second-order valence-electron chi connectivity index (χ2n) is 6.71. The lowest BCUT2D eigenvalue weighted by Gasteiger charge is -2.18. The SMILES string of the molecule is CCNC(=NCc1cc(OC)ccc1O)NC(C)Cc1c(C)nn(C)c1C. The molecule has 1 aromatic carbocycles. The molecule has 1 atom stereocenters. The lowest BCUT2D eigenvalue weighted by molar-refractivity contribution is 0.411. The van der Waals surface area contributed by atoms with Crippen molar-refractivity contribution in [2.24, 2.45) is 12.0 Å². The zero-order chi connectivity index (χ0) is 20.0. The molecule has 0 fully saturated rings. The lowest BCUT2D eigenvalue weighted by Crippen LogP contribution is -2.43. The Bertz CT molecular complexity index is 798. The Morgan fingerprint density at radius 2 is 2.11 bits per heavy atom. The van der Waals surface area contributed by atoms with E-state index in [0.29, 0.717) is 18.3 Å². The van der Waals surface area contributed by atoms with E-state index < -0.39 is 0 Å². The highest BCUT2D eigenvalue weighted by Crippen LogP contribution is 2.23. The summed E-state index contributed by atoms with van der Waals surface area (Å²) in [5.74, 6) is 1.63. The molecule has 2 aromatic rings. The molecule has 1 heterocycles. The van der Waals surface area contributed by atoms with Gasteiger partial charge in [-0.3, -0.25) is 4.68 Å². The molecule has 0 amide bonds. The molecule has 1 unspecified atom stereocenters. The molecular formula is C20H31N5O2. The smallest absolute Gasteiger partial charge is 0.191 e. The van der Waals surface area contributed by atoms with E-state index in [4.69, 9.17) is 4.74 Å². The predicted octanol–water partition coefficient (Wildman–Crippen LogP) is 2.44. The molecule has 0 saturated carbocycles. The van der Waals surface area contributed by atoms with Crippen molar-refractivity contribution in [3.63, 3.8) is 0 Å². The molecule has 0 aliphatic heterocycles. The first-order valence-corrected chi connectivity index (χ1v) is 9.25. The van der Waals surface area contributed by atoms with Gasteiger partial charge in [-0.15, -0.1) is 0 Å². The standard InChI is InChI=1S/C20H31N5O2/c1-7-21-20(22-12-16-11-17(27-6)8-9-19(16)26)23-13(2)10-18-14(3)24-25(5)15(18)4/h8-9,11,13,26H,7,10,12H2,1-6H3,(H2,21,22,23). The van der Waals surface area contributed by atoms with Crippen molar-refractivity contribution >= 4 is 5.96 Å². The number of guanidine groups is 1. The summed E-state index contributed by atoms with van der Waals surface area (Å²) in [7, 11) is 3.57. The second kappa shape index (κ2) is 9.30. The van der Waals surface area contributed by atoms with Gasteiger partial charge < -0.3 is 20.5 Å². The van der Waals surface area contributed by atoms with Gasteiger partial charge in [0.1, 0.15) is 11.5 Å². The summed E-state index contributed by atoms with van der Waals surface area (Å²) in [4.78, 5) is 4.61. The van der Waals surface area contributed by atoms with Crippen LogP contribution in [0.2, 0.25) is 0 Å². The highest BCUT2D eigenvalue weighted by molar-refractivity contribution is 5.80. The Kier molecular flexibility index (Phi) is 7.10. The van der Waals surface area contributed by atoms with Crippen molar-refractivity contribution in [3.05, 3.63) is 40.7 Å². The number of nitrogens with zero attached hydrogens (tertiary/aromatic N) is 3. The number of aromatic hydroxyl groups is 1. The van der Waals surface area contributed by atoms with Crippen LogP contribution in [0.1, 0.15) is 36.4 Å². The van der Waals surface area contributed by atoms with Gasteiger partial charge in [0.05, 0.1) is 19.3 Å². The monoisotopic (exact) mass is 373 g/mol. The Morgan fingerprint density at radius 1 is 1.37 bits per heavy atom. The minimum Gasteiger partial charge on any atom is -0.508 e. The first-order valence-electron chi connectivity index (χ1n) is 9.25. The first-order chi connectivity index (χ1) is 12.8. The second-order valence-corrected chi connectivity index (χ2v) is 6.71. The number of aliphatic imine (C=N–C) groups is 1. The van der Waals surface area contributed by atoms with Crippen LogP contribution in [0, 0.1) is 13.8 Å². The van der Waals surface area contributed by atoms with Crippen LogP contribution in [0.5, 0.6) is 11.5 Å². The average molecular weight is 374 g/mol. The van der Waals surface area contributed by atoms with E-state index in [9.17, 15) is 5.11 Å². The minimum atomic E-state index is 0.184. The Balaban J connectivity index is 2.09. The molecule has 0 aliphatic rings. The topological polar surface area (TPSA) is 83.7 Å². The molecule has 27 heavy (non-hydrogen) atoms. The number of methoxy groups -OCH3 is 1. The van der Waals surface area contributed by atoms with Crippen LogP contribution in [0.4, 0.5) is 0 Å². The number of aryl methyl sites for hydroxylation is 2. The fraction of sp³-hybridized carbons (Fsp3) is 0.500. The van der Waals surface area contributed by atoms with E-state index in [-0.39, 0.29) is 11.8 Å². The molecule has 0 spiro atoms. The molecule has 0 saturated heterocycles. The number of rotatable bonds is 7. The number of hydrogen-bond acceptors (Lipinski definition) is 4. The van der Waals surface area contributed by atoms with Gasteiger partial charge in [-0.1, -0.05) is 0 Å². The molecule has 1 aromatic heterocycles. The van der Waals surface area contributed by atoms with Gasteiger partial charge in [-0.2, -0.15) is 5.10 Å². The molecule has 7 heteroatoms. The van der Waals surface area contributed by atoms with Crippen LogP contribution < -0.4 is 15.4 Å². The largest absolute Gasteiger partial charge is 0.508 e. The summed E-state index contributed by atoms with van der Waals surface area (Å²) < 4.78 is 7.14. The zero-order valence-corrected chi connectivity index (χ0v) is 17.1. The van der Waals surface area contributed by atoms with Crippen molar-refractivity contribution in [3.8, 4) is 11.5 Å². The van der Waals surface area contributed by atoms with Crippen LogP contribution in [0.25, 0.3) is 0 Å². The van der Waals surface area contributed by atoms with Crippen molar-refractivity contribution in [1.82, 2.24) is 20.4 Å². The lowest BCUT2D eigenvalue weighted by atomic mass is 10.1. The number of phenolic OH excluding ortho intramolecular Hbond substituents is 1. The highest BCUT2D eigenvalue weighted by Gasteiger charge is 2.14. The van der Waals surface area contributed by atoms with Gasteiger partial charge in [-0.05, 0) is 57.9 Å². The maximum absolute atomic E-state index is 10.0. The van der Waals surface area contributed by atoms with Crippen LogP contribution in [0.15, 0.2) is 23.2 Å². The maximum Gasteiger partial charge on any atom is 0.191 e. The Labute approximate surface area is 161 Å². The molecule has 3 N–H and O–H groups in total. The van der Waals surface area contributed by atoms with Crippen molar-refractivity contribution in [2.75, 3.05) is 13.7 Å². The third-order valence-corrected chi connectivity index (χ3v) is 4.59. The first kappa shape index (κ1) is 20.6. The Morgan fingerprint density at radius 3 is 2.70 bits per heavy atom. The molecule has 7 nitrogen and oxygen atoms in total. The summed E-state index contributed by atoms with van der Waals surface area (Å²) in [5.41, 5.74) is 4.23. The number of ether oxygens (including phenoxy) is 1. The summed E-state index contributed by atoms with van der Waals surface area (Å²) in [5, 5.41) is 21.2.